The van der Waals surface area contributed by atoms with Crippen LogP contribution in [0.3, 0.4) is 0 Å². The highest BCUT2D eigenvalue weighted by atomic mass is 32.1. The van der Waals surface area contributed by atoms with Crippen LogP contribution in [0.2, 0.25) is 0 Å². The molecule has 3 N–H and O–H groups in total. The summed E-state index contributed by atoms with van der Waals surface area (Å²) in [5.41, 5.74) is 6.16. The van der Waals surface area contributed by atoms with Gasteiger partial charge in [0.25, 0.3) is 0 Å². The highest BCUT2D eigenvalue weighted by Crippen LogP contribution is 2.30. The number of nitrogens with one attached hydrogen (secondary N) is 1. The minimum atomic E-state index is 0.310. The predicted molar refractivity (Wildman–Crippen MR) is 72.9 cm³/mol. The van der Waals surface area contributed by atoms with Crippen LogP contribution in [0.25, 0.3) is 0 Å². The molecule has 1 aromatic rings. The molecule has 1 saturated carbocycles. The van der Waals surface area contributed by atoms with Gasteiger partial charge < -0.3 is 11.1 Å². The first-order valence-corrected chi connectivity index (χ1v) is 6.42. The monoisotopic (exact) mass is 250 g/mol. The van der Waals surface area contributed by atoms with Gasteiger partial charge in [0.1, 0.15) is 10.7 Å². The van der Waals surface area contributed by atoms with E-state index >= 15 is 0 Å². The van der Waals surface area contributed by atoms with Crippen molar-refractivity contribution in [3.05, 3.63) is 18.0 Å². The lowest BCUT2D eigenvalue weighted by atomic mass is 10.1. The molecule has 0 amide bonds. The van der Waals surface area contributed by atoms with Gasteiger partial charge in [-0.25, -0.2) is 9.97 Å². The molecule has 1 aliphatic carbocycles. The zero-order valence-corrected chi connectivity index (χ0v) is 10.8. The summed E-state index contributed by atoms with van der Waals surface area (Å²) in [5, 5.41) is 3.26. The van der Waals surface area contributed by atoms with Crippen LogP contribution in [0.4, 0.5) is 5.95 Å². The maximum Gasteiger partial charge on any atom is 0.223 e. The minimum Gasteiger partial charge on any atom is -0.388 e. The second-order valence-electron chi connectivity index (χ2n) is 4.79. The first-order valence-electron chi connectivity index (χ1n) is 6.02. The van der Waals surface area contributed by atoms with E-state index in [0.717, 1.165) is 18.4 Å². The molecule has 2 atom stereocenters. The quantitative estimate of drug-likeness (QED) is 0.800. The molecule has 0 aliphatic heterocycles. The normalized spacial score (nSPS) is 23.6. The van der Waals surface area contributed by atoms with Crippen molar-refractivity contribution in [3.8, 4) is 0 Å². The summed E-state index contributed by atoms with van der Waals surface area (Å²) in [4.78, 5) is 8.74. The van der Waals surface area contributed by atoms with Crippen molar-refractivity contribution in [1.82, 2.24) is 9.97 Å². The average molecular weight is 250 g/mol. The van der Waals surface area contributed by atoms with Gasteiger partial charge in [-0.05, 0) is 30.7 Å². The third kappa shape index (κ3) is 3.36. The molecule has 0 radical (unpaired) electrons. The molecule has 1 heterocycles. The van der Waals surface area contributed by atoms with Crippen LogP contribution >= 0.6 is 12.2 Å². The summed E-state index contributed by atoms with van der Waals surface area (Å²) in [6.07, 6.45) is 5.60. The van der Waals surface area contributed by atoms with E-state index in [1.54, 1.807) is 12.3 Å². The van der Waals surface area contributed by atoms with Gasteiger partial charge in [-0.1, -0.05) is 25.6 Å². The lowest BCUT2D eigenvalue weighted by Crippen LogP contribution is -2.16. The number of aromatic nitrogens is 2. The van der Waals surface area contributed by atoms with E-state index in [9.17, 15) is 0 Å². The van der Waals surface area contributed by atoms with Crippen molar-refractivity contribution in [2.24, 2.45) is 17.6 Å². The molecule has 0 aromatic carbocycles. The summed E-state index contributed by atoms with van der Waals surface area (Å²) >= 11 is 4.89. The molecule has 1 aliphatic rings. The summed E-state index contributed by atoms with van der Waals surface area (Å²) in [5.74, 6) is 2.21. The molecule has 4 nitrogen and oxygen atoms in total. The fraction of sp³-hybridized carbons (Fsp3) is 0.583. The van der Waals surface area contributed by atoms with E-state index in [2.05, 4.69) is 22.2 Å². The average Bonchev–Trinajstić information content (AvgIpc) is 2.73. The molecule has 2 rings (SSSR count). The Kier molecular flexibility index (Phi) is 3.89. The number of nitrogens with zero attached hydrogens (tertiary/aromatic N) is 2. The Balaban J connectivity index is 1.90. The number of hydrogen-bond acceptors (Lipinski definition) is 4. The fourth-order valence-corrected chi connectivity index (χ4v) is 2.44. The van der Waals surface area contributed by atoms with Crippen molar-refractivity contribution >= 4 is 23.2 Å². The Morgan fingerprint density at radius 3 is 3.06 bits per heavy atom. The molecule has 17 heavy (non-hydrogen) atoms. The van der Waals surface area contributed by atoms with Crippen molar-refractivity contribution in [1.29, 1.82) is 0 Å². The Bertz CT molecular complexity index is 407. The fourth-order valence-electron chi connectivity index (χ4n) is 2.33. The van der Waals surface area contributed by atoms with E-state index in [-0.39, 0.29) is 0 Å². The third-order valence-electron chi connectivity index (χ3n) is 3.26. The second kappa shape index (κ2) is 5.40. The van der Waals surface area contributed by atoms with E-state index in [1.807, 2.05) is 0 Å². The van der Waals surface area contributed by atoms with Crippen LogP contribution in [0.5, 0.6) is 0 Å². The molecule has 0 saturated heterocycles. The summed E-state index contributed by atoms with van der Waals surface area (Å²) in [7, 11) is 0. The minimum absolute atomic E-state index is 0.310. The molecule has 0 bridgehead atoms. The van der Waals surface area contributed by atoms with E-state index < -0.39 is 0 Å². The van der Waals surface area contributed by atoms with Gasteiger partial charge in [0.2, 0.25) is 5.95 Å². The Labute approximate surface area is 107 Å². The van der Waals surface area contributed by atoms with Crippen LogP contribution in [0.15, 0.2) is 12.3 Å². The molecule has 2 unspecified atom stereocenters. The van der Waals surface area contributed by atoms with Crippen LogP contribution in [-0.2, 0) is 0 Å². The van der Waals surface area contributed by atoms with Crippen molar-refractivity contribution in [2.75, 3.05) is 11.9 Å². The van der Waals surface area contributed by atoms with Crippen LogP contribution < -0.4 is 11.1 Å². The highest BCUT2D eigenvalue weighted by Gasteiger charge is 2.21. The first kappa shape index (κ1) is 12.2. The van der Waals surface area contributed by atoms with Gasteiger partial charge in [0, 0.05) is 12.7 Å². The lowest BCUT2D eigenvalue weighted by Gasteiger charge is -2.11. The number of anilines is 1. The van der Waals surface area contributed by atoms with Crippen LogP contribution in [0.1, 0.15) is 31.9 Å². The summed E-state index contributed by atoms with van der Waals surface area (Å²) < 4.78 is 0. The second-order valence-corrected chi connectivity index (χ2v) is 5.23. The number of hydrogen-bond donors (Lipinski definition) is 2. The van der Waals surface area contributed by atoms with Gasteiger partial charge in [0.15, 0.2) is 0 Å². The van der Waals surface area contributed by atoms with Gasteiger partial charge in [-0.15, -0.1) is 0 Å². The number of thiocarbonyl (C=S) groups is 1. The predicted octanol–water partition coefficient (Wildman–Crippen LogP) is 1.96. The topological polar surface area (TPSA) is 63.8 Å². The van der Waals surface area contributed by atoms with Crippen LogP contribution in [0, 0.1) is 11.8 Å². The lowest BCUT2D eigenvalue weighted by molar-refractivity contribution is 0.536. The highest BCUT2D eigenvalue weighted by molar-refractivity contribution is 7.80. The van der Waals surface area contributed by atoms with E-state index in [1.165, 1.54) is 19.3 Å². The largest absolute Gasteiger partial charge is 0.388 e. The van der Waals surface area contributed by atoms with Gasteiger partial charge in [0.05, 0.1) is 0 Å². The number of nitrogens with two attached hydrogens (primary N) is 1. The van der Waals surface area contributed by atoms with Crippen molar-refractivity contribution < 1.29 is 0 Å². The molecular formula is C12H18N4S. The SMILES string of the molecule is CC1CCC(CNc2nccc(C(N)=S)n2)C1. The maximum atomic E-state index is 5.53. The maximum absolute atomic E-state index is 5.53. The van der Waals surface area contributed by atoms with Gasteiger partial charge in [-0.3, -0.25) is 0 Å². The molecule has 1 aromatic heterocycles. The van der Waals surface area contributed by atoms with Gasteiger partial charge >= 0.3 is 0 Å². The third-order valence-corrected chi connectivity index (χ3v) is 3.47. The van der Waals surface area contributed by atoms with Gasteiger partial charge in [-0.2, -0.15) is 0 Å². The van der Waals surface area contributed by atoms with Crippen molar-refractivity contribution in [2.45, 2.75) is 26.2 Å². The Morgan fingerprint density at radius 2 is 2.41 bits per heavy atom. The summed E-state index contributed by atoms with van der Waals surface area (Å²) in [6.45, 7) is 3.25. The standard InChI is InChI=1S/C12H18N4S/c1-8-2-3-9(6-8)7-15-12-14-5-4-10(16-12)11(13)17/h4-5,8-9H,2-3,6-7H2,1H3,(H2,13,17)(H,14,15,16). The summed E-state index contributed by atoms with van der Waals surface area (Å²) in [6, 6.07) is 1.73. The molecular weight excluding hydrogens is 232 g/mol. The smallest absolute Gasteiger partial charge is 0.223 e. The van der Waals surface area contributed by atoms with E-state index in [0.29, 0.717) is 16.6 Å². The Morgan fingerprint density at radius 1 is 1.59 bits per heavy atom. The zero-order valence-electron chi connectivity index (χ0n) is 10.0. The number of rotatable bonds is 4. The zero-order chi connectivity index (χ0) is 12.3. The first-order chi connectivity index (χ1) is 8.15. The van der Waals surface area contributed by atoms with E-state index in [4.69, 9.17) is 18.0 Å². The van der Waals surface area contributed by atoms with Crippen LogP contribution in [-0.4, -0.2) is 21.5 Å². The van der Waals surface area contributed by atoms with Crippen molar-refractivity contribution in [3.63, 3.8) is 0 Å². The molecule has 1 fully saturated rings. The molecule has 0 spiro atoms. The molecule has 92 valence electrons. The molecule has 5 heteroatoms. The Hall–Kier alpha value is -1.23.